The molecule has 1 fully saturated rings. The van der Waals surface area contributed by atoms with Crippen LogP contribution >= 0.6 is 11.6 Å². The largest absolute Gasteiger partial charge is 0.486 e. The van der Waals surface area contributed by atoms with E-state index in [1.54, 1.807) is 0 Å². The molecule has 98 valence electrons. The first-order valence-electron chi connectivity index (χ1n) is 6.50. The van der Waals surface area contributed by atoms with Crippen molar-refractivity contribution in [2.75, 3.05) is 13.2 Å². The molecule has 1 aromatic carbocycles. The minimum Gasteiger partial charge on any atom is -0.486 e. The Bertz CT molecular complexity index is 481. The average Bonchev–Trinajstić information content (AvgIpc) is 2.82. The Morgan fingerprint density at radius 1 is 1.22 bits per heavy atom. The van der Waals surface area contributed by atoms with Crippen molar-refractivity contribution in [3.8, 4) is 11.5 Å². The van der Waals surface area contributed by atoms with Gasteiger partial charge in [0.1, 0.15) is 13.2 Å². The second-order valence-electron chi connectivity index (χ2n) is 5.25. The van der Waals surface area contributed by atoms with Gasteiger partial charge in [-0.05, 0) is 31.4 Å². The average molecular weight is 268 g/mol. The van der Waals surface area contributed by atoms with E-state index in [1.807, 2.05) is 13.0 Å². The van der Waals surface area contributed by atoms with Crippen LogP contribution in [0.5, 0.6) is 11.5 Å². The first-order valence-corrected chi connectivity index (χ1v) is 6.88. The van der Waals surface area contributed by atoms with E-state index in [4.69, 9.17) is 26.8 Å². The fourth-order valence-electron chi connectivity index (χ4n) is 2.97. The molecule has 2 N–H and O–H groups in total. The topological polar surface area (TPSA) is 44.5 Å². The Morgan fingerprint density at radius 2 is 1.89 bits per heavy atom. The highest BCUT2D eigenvalue weighted by atomic mass is 35.5. The van der Waals surface area contributed by atoms with Crippen molar-refractivity contribution in [2.24, 2.45) is 5.73 Å². The SMILES string of the molecule is Cc1c(Cl)c(C2(N)CCCC2)cc2c1OCCO2. The smallest absolute Gasteiger partial charge is 0.165 e. The van der Waals surface area contributed by atoms with Crippen LogP contribution in [0.3, 0.4) is 0 Å². The maximum atomic E-state index is 6.50. The highest BCUT2D eigenvalue weighted by Gasteiger charge is 2.35. The molecule has 1 aromatic rings. The van der Waals surface area contributed by atoms with E-state index < -0.39 is 0 Å². The van der Waals surface area contributed by atoms with Crippen LogP contribution in [0.25, 0.3) is 0 Å². The van der Waals surface area contributed by atoms with E-state index >= 15 is 0 Å². The van der Waals surface area contributed by atoms with Crippen LogP contribution in [-0.4, -0.2) is 13.2 Å². The Balaban J connectivity index is 2.13. The fourth-order valence-corrected chi connectivity index (χ4v) is 3.29. The predicted molar refractivity (Wildman–Crippen MR) is 71.5 cm³/mol. The van der Waals surface area contributed by atoms with Crippen LogP contribution in [0, 0.1) is 6.92 Å². The Kier molecular flexibility index (Phi) is 2.91. The number of nitrogens with two attached hydrogens (primary N) is 1. The summed E-state index contributed by atoms with van der Waals surface area (Å²) >= 11 is 6.48. The van der Waals surface area contributed by atoms with E-state index in [2.05, 4.69) is 0 Å². The van der Waals surface area contributed by atoms with Gasteiger partial charge in [0, 0.05) is 11.1 Å². The zero-order chi connectivity index (χ0) is 12.8. The maximum Gasteiger partial charge on any atom is 0.165 e. The molecule has 0 radical (unpaired) electrons. The van der Waals surface area contributed by atoms with Crippen molar-refractivity contribution in [1.82, 2.24) is 0 Å². The molecule has 18 heavy (non-hydrogen) atoms. The van der Waals surface area contributed by atoms with Gasteiger partial charge >= 0.3 is 0 Å². The summed E-state index contributed by atoms with van der Waals surface area (Å²) in [7, 11) is 0. The fraction of sp³-hybridized carbons (Fsp3) is 0.571. The molecule has 4 heteroatoms. The van der Waals surface area contributed by atoms with Crippen molar-refractivity contribution in [1.29, 1.82) is 0 Å². The zero-order valence-electron chi connectivity index (χ0n) is 10.6. The van der Waals surface area contributed by atoms with Crippen molar-refractivity contribution in [3.05, 3.63) is 22.2 Å². The molecule has 2 aliphatic rings. The van der Waals surface area contributed by atoms with Crippen LogP contribution in [0.15, 0.2) is 6.07 Å². The summed E-state index contributed by atoms with van der Waals surface area (Å²) in [5, 5.41) is 0.739. The third kappa shape index (κ3) is 1.77. The lowest BCUT2D eigenvalue weighted by Gasteiger charge is -2.29. The highest BCUT2D eigenvalue weighted by Crippen LogP contribution is 2.46. The first kappa shape index (κ1) is 12.1. The molecule has 1 aliphatic carbocycles. The lowest BCUT2D eigenvalue weighted by molar-refractivity contribution is 0.170. The molecular weight excluding hydrogens is 250 g/mol. The third-order valence-electron chi connectivity index (χ3n) is 4.03. The number of rotatable bonds is 1. The Labute approximate surface area is 112 Å². The lowest BCUT2D eigenvalue weighted by Crippen LogP contribution is -2.34. The number of hydrogen-bond donors (Lipinski definition) is 1. The van der Waals surface area contributed by atoms with Crippen LogP contribution in [0.1, 0.15) is 36.8 Å². The minimum absolute atomic E-state index is 0.294. The summed E-state index contributed by atoms with van der Waals surface area (Å²) in [5.41, 5.74) is 8.17. The second kappa shape index (κ2) is 4.32. The summed E-state index contributed by atoms with van der Waals surface area (Å²) in [6, 6.07) is 1.98. The summed E-state index contributed by atoms with van der Waals surface area (Å²) in [6.07, 6.45) is 4.32. The van der Waals surface area contributed by atoms with E-state index in [9.17, 15) is 0 Å². The molecule has 0 bridgehead atoms. The van der Waals surface area contributed by atoms with Crippen molar-refractivity contribution >= 4 is 11.6 Å². The Hall–Kier alpha value is -0.930. The molecule has 1 aliphatic heterocycles. The molecule has 0 saturated heterocycles. The van der Waals surface area contributed by atoms with E-state index in [-0.39, 0.29) is 5.54 Å². The number of halogens is 1. The van der Waals surface area contributed by atoms with E-state index in [1.165, 1.54) is 12.8 Å². The van der Waals surface area contributed by atoms with Gasteiger partial charge in [0.25, 0.3) is 0 Å². The molecule has 0 spiro atoms. The molecule has 0 aromatic heterocycles. The molecule has 1 heterocycles. The molecule has 3 rings (SSSR count). The molecule has 0 unspecified atom stereocenters. The second-order valence-corrected chi connectivity index (χ2v) is 5.63. The number of fused-ring (bicyclic) bond motifs is 1. The van der Waals surface area contributed by atoms with Crippen LogP contribution in [-0.2, 0) is 5.54 Å². The van der Waals surface area contributed by atoms with E-state index in [0.29, 0.717) is 13.2 Å². The summed E-state index contributed by atoms with van der Waals surface area (Å²) in [5.74, 6) is 1.56. The van der Waals surface area contributed by atoms with Crippen LogP contribution in [0.2, 0.25) is 5.02 Å². The minimum atomic E-state index is -0.294. The molecule has 0 amide bonds. The monoisotopic (exact) mass is 267 g/mol. The van der Waals surface area contributed by atoms with Gasteiger partial charge in [0.05, 0.1) is 5.02 Å². The molecule has 0 atom stereocenters. The quantitative estimate of drug-likeness (QED) is 0.850. The van der Waals surface area contributed by atoms with Crippen LogP contribution < -0.4 is 15.2 Å². The van der Waals surface area contributed by atoms with Gasteiger partial charge in [-0.1, -0.05) is 24.4 Å². The lowest BCUT2D eigenvalue weighted by atomic mass is 9.88. The van der Waals surface area contributed by atoms with E-state index in [0.717, 1.165) is 40.5 Å². The standard InChI is InChI=1S/C14H18ClNO2/c1-9-12(15)10(14(16)4-2-3-5-14)8-11-13(9)18-7-6-17-11/h8H,2-7,16H2,1H3. The van der Waals surface area contributed by atoms with Gasteiger partial charge in [-0.15, -0.1) is 0 Å². The van der Waals surface area contributed by atoms with Gasteiger partial charge in [-0.3, -0.25) is 0 Å². The third-order valence-corrected chi connectivity index (χ3v) is 4.51. The summed E-state index contributed by atoms with van der Waals surface area (Å²) in [4.78, 5) is 0. The maximum absolute atomic E-state index is 6.50. The van der Waals surface area contributed by atoms with Gasteiger partial charge < -0.3 is 15.2 Å². The Morgan fingerprint density at radius 3 is 2.61 bits per heavy atom. The van der Waals surface area contributed by atoms with Crippen molar-refractivity contribution in [2.45, 2.75) is 38.1 Å². The van der Waals surface area contributed by atoms with Crippen molar-refractivity contribution in [3.63, 3.8) is 0 Å². The normalized spacial score (nSPS) is 21.1. The van der Waals surface area contributed by atoms with Crippen LogP contribution in [0.4, 0.5) is 0 Å². The number of benzene rings is 1. The number of hydrogen-bond acceptors (Lipinski definition) is 3. The highest BCUT2D eigenvalue weighted by molar-refractivity contribution is 6.32. The first-order chi connectivity index (χ1) is 8.62. The predicted octanol–water partition coefficient (Wildman–Crippen LogP) is 3.15. The number of ether oxygens (including phenoxy) is 2. The van der Waals surface area contributed by atoms with Gasteiger partial charge in [-0.2, -0.15) is 0 Å². The molecule has 3 nitrogen and oxygen atoms in total. The van der Waals surface area contributed by atoms with Gasteiger partial charge in [-0.25, -0.2) is 0 Å². The molecular formula is C14H18ClNO2. The summed E-state index contributed by atoms with van der Waals surface area (Å²) in [6.45, 7) is 3.14. The van der Waals surface area contributed by atoms with Gasteiger partial charge in [0.15, 0.2) is 11.5 Å². The van der Waals surface area contributed by atoms with Crippen molar-refractivity contribution < 1.29 is 9.47 Å². The zero-order valence-corrected chi connectivity index (χ0v) is 11.3. The van der Waals surface area contributed by atoms with Gasteiger partial charge in [0.2, 0.25) is 0 Å². The molecule has 1 saturated carbocycles. The summed E-state index contributed by atoms with van der Waals surface area (Å²) < 4.78 is 11.3.